The summed E-state index contributed by atoms with van der Waals surface area (Å²) in [7, 11) is 0. The molecule has 2 aromatic carbocycles. The van der Waals surface area contributed by atoms with Crippen molar-refractivity contribution in [1.82, 2.24) is 0 Å². The fourth-order valence-corrected chi connectivity index (χ4v) is 4.61. The SMILES string of the molecule is CC1CC2CCC1C(OC(=O)c1ccccc1)C2OC(=O)c1ccccc1. The van der Waals surface area contributed by atoms with Gasteiger partial charge in [-0.15, -0.1) is 0 Å². The van der Waals surface area contributed by atoms with Crippen LogP contribution < -0.4 is 0 Å². The highest BCUT2D eigenvalue weighted by molar-refractivity contribution is 5.90. The topological polar surface area (TPSA) is 52.6 Å². The van der Waals surface area contributed by atoms with Gasteiger partial charge in [0.05, 0.1) is 11.1 Å². The number of rotatable bonds is 4. The summed E-state index contributed by atoms with van der Waals surface area (Å²) in [6.45, 7) is 2.20. The van der Waals surface area contributed by atoms with Crippen molar-refractivity contribution in [3.8, 4) is 0 Å². The van der Waals surface area contributed by atoms with Crippen molar-refractivity contribution in [2.24, 2.45) is 17.8 Å². The minimum Gasteiger partial charge on any atom is -0.455 e. The average Bonchev–Trinajstić information content (AvgIpc) is 2.71. The first-order chi connectivity index (χ1) is 13.1. The number of hydrogen-bond acceptors (Lipinski definition) is 4. The number of ether oxygens (including phenoxy) is 2. The second kappa shape index (κ2) is 7.55. The first-order valence-electron chi connectivity index (χ1n) is 9.65. The van der Waals surface area contributed by atoms with E-state index in [2.05, 4.69) is 6.92 Å². The van der Waals surface area contributed by atoms with Gasteiger partial charge in [0, 0.05) is 5.92 Å². The summed E-state index contributed by atoms with van der Waals surface area (Å²) in [5, 5.41) is 0. The molecule has 4 heteroatoms. The van der Waals surface area contributed by atoms with Gasteiger partial charge in [-0.3, -0.25) is 0 Å². The Bertz CT molecular complexity index is 802. The van der Waals surface area contributed by atoms with Crippen LogP contribution in [-0.2, 0) is 9.47 Å². The van der Waals surface area contributed by atoms with Crippen LogP contribution in [0.15, 0.2) is 60.7 Å². The van der Waals surface area contributed by atoms with Crippen molar-refractivity contribution in [3.63, 3.8) is 0 Å². The van der Waals surface area contributed by atoms with E-state index in [0.29, 0.717) is 17.0 Å². The fraction of sp³-hybridized carbons (Fsp3) is 0.391. The number of fused-ring (bicyclic) bond motifs is 3. The number of hydrogen-bond donors (Lipinski definition) is 0. The van der Waals surface area contributed by atoms with E-state index >= 15 is 0 Å². The fourth-order valence-electron chi connectivity index (χ4n) is 4.61. The van der Waals surface area contributed by atoms with Gasteiger partial charge in [-0.2, -0.15) is 0 Å². The summed E-state index contributed by atoms with van der Waals surface area (Å²) in [5.74, 6) is 0.245. The van der Waals surface area contributed by atoms with Gasteiger partial charge in [-0.1, -0.05) is 43.3 Å². The van der Waals surface area contributed by atoms with E-state index in [9.17, 15) is 9.59 Å². The molecule has 3 saturated carbocycles. The summed E-state index contributed by atoms with van der Waals surface area (Å²) < 4.78 is 11.8. The predicted octanol–water partition coefficient (Wildman–Crippen LogP) is 4.50. The van der Waals surface area contributed by atoms with E-state index < -0.39 is 0 Å². The van der Waals surface area contributed by atoms with E-state index in [1.165, 1.54) is 0 Å². The summed E-state index contributed by atoms with van der Waals surface area (Å²) in [4.78, 5) is 25.2. The van der Waals surface area contributed by atoms with Gasteiger partial charge in [0.25, 0.3) is 0 Å². The lowest BCUT2D eigenvalue weighted by atomic mass is 9.62. The third-order valence-electron chi connectivity index (χ3n) is 5.99. The molecule has 2 bridgehead atoms. The Hall–Kier alpha value is -2.62. The first-order valence-corrected chi connectivity index (χ1v) is 9.65. The lowest BCUT2D eigenvalue weighted by Crippen LogP contribution is -2.54. The minimum atomic E-state index is -0.382. The Morgan fingerprint density at radius 3 is 1.81 bits per heavy atom. The van der Waals surface area contributed by atoms with Crippen LogP contribution in [0.2, 0.25) is 0 Å². The van der Waals surface area contributed by atoms with Crippen molar-refractivity contribution in [2.45, 2.75) is 38.4 Å². The van der Waals surface area contributed by atoms with E-state index in [0.717, 1.165) is 19.3 Å². The monoisotopic (exact) mass is 364 g/mol. The van der Waals surface area contributed by atoms with Crippen LogP contribution in [0.1, 0.15) is 46.9 Å². The van der Waals surface area contributed by atoms with Crippen molar-refractivity contribution in [1.29, 1.82) is 0 Å². The molecule has 3 fully saturated rings. The normalized spacial score (nSPS) is 29.1. The highest BCUT2D eigenvalue weighted by atomic mass is 16.6. The summed E-state index contributed by atoms with van der Waals surface area (Å²) in [6, 6.07) is 18.0. The van der Waals surface area contributed by atoms with E-state index in [1.807, 2.05) is 36.4 Å². The molecule has 0 aliphatic heterocycles. The number of benzene rings is 2. The molecule has 0 amide bonds. The molecule has 140 valence electrons. The van der Waals surface area contributed by atoms with Crippen LogP contribution in [0, 0.1) is 17.8 Å². The molecule has 0 heterocycles. The molecule has 27 heavy (non-hydrogen) atoms. The Kier molecular flexibility index (Phi) is 4.97. The molecule has 5 unspecified atom stereocenters. The molecule has 3 aliphatic carbocycles. The maximum absolute atomic E-state index is 12.6. The largest absolute Gasteiger partial charge is 0.455 e. The van der Waals surface area contributed by atoms with E-state index in [-0.39, 0.29) is 36.0 Å². The molecule has 0 radical (unpaired) electrons. The van der Waals surface area contributed by atoms with Gasteiger partial charge in [0.15, 0.2) is 0 Å². The van der Waals surface area contributed by atoms with Crippen molar-refractivity contribution >= 4 is 11.9 Å². The van der Waals surface area contributed by atoms with E-state index in [1.54, 1.807) is 24.3 Å². The van der Waals surface area contributed by atoms with Gasteiger partial charge in [0.1, 0.15) is 12.2 Å². The Morgan fingerprint density at radius 2 is 1.30 bits per heavy atom. The number of esters is 2. The average molecular weight is 364 g/mol. The molecular formula is C23H24O4. The minimum absolute atomic E-state index is 0.233. The van der Waals surface area contributed by atoms with Crippen LogP contribution in [0.5, 0.6) is 0 Å². The lowest BCUT2D eigenvalue weighted by molar-refractivity contribution is -0.138. The maximum Gasteiger partial charge on any atom is 0.338 e. The quantitative estimate of drug-likeness (QED) is 0.750. The molecule has 0 saturated heterocycles. The molecule has 0 spiro atoms. The molecule has 5 rings (SSSR count). The maximum atomic E-state index is 12.6. The molecule has 4 nitrogen and oxygen atoms in total. The van der Waals surface area contributed by atoms with Gasteiger partial charge >= 0.3 is 11.9 Å². The van der Waals surface area contributed by atoms with Gasteiger partial charge < -0.3 is 9.47 Å². The molecular weight excluding hydrogens is 340 g/mol. The third kappa shape index (κ3) is 3.61. The Labute approximate surface area is 159 Å². The molecule has 5 atom stereocenters. The summed E-state index contributed by atoms with van der Waals surface area (Å²) in [6.07, 6.45) is 2.28. The van der Waals surface area contributed by atoms with Crippen LogP contribution in [0.4, 0.5) is 0 Å². The Morgan fingerprint density at radius 1 is 0.778 bits per heavy atom. The van der Waals surface area contributed by atoms with E-state index in [4.69, 9.17) is 9.47 Å². The van der Waals surface area contributed by atoms with Gasteiger partial charge in [-0.05, 0) is 55.4 Å². The Balaban J connectivity index is 1.54. The second-order valence-electron chi connectivity index (χ2n) is 7.69. The standard InChI is InChI=1S/C23H24O4/c1-15-14-18-12-13-19(15)21(27-23(25)17-10-6-3-7-11-17)20(18)26-22(24)16-8-4-2-5-9-16/h2-11,15,18-21H,12-14H2,1H3. The predicted molar refractivity (Wildman–Crippen MR) is 101 cm³/mol. The molecule has 0 aromatic heterocycles. The highest BCUT2D eigenvalue weighted by Gasteiger charge is 2.51. The van der Waals surface area contributed by atoms with Crippen molar-refractivity contribution < 1.29 is 19.1 Å². The van der Waals surface area contributed by atoms with Crippen molar-refractivity contribution in [3.05, 3.63) is 71.8 Å². The summed E-state index contributed by atoms with van der Waals surface area (Å²) in [5.41, 5.74) is 1.06. The van der Waals surface area contributed by atoms with Gasteiger partial charge in [-0.25, -0.2) is 9.59 Å². The van der Waals surface area contributed by atoms with Crippen molar-refractivity contribution in [2.75, 3.05) is 0 Å². The zero-order chi connectivity index (χ0) is 18.8. The lowest BCUT2D eigenvalue weighted by Gasteiger charge is -2.50. The van der Waals surface area contributed by atoms with Crippen LogP contribution in [0.3, 0.4) is 0 Å². The summed E-state index contributed by atoms with van der Waals surface area (Å²) >= 11 is 0. The molecule has 2 aromatic rings. The molecule has 3 aliphatic rings. The zero-order valence-electron chi connectivity index (χ0n) is 15.4. The number of carbonyl (C=O) groups is 2. The number of carbonyl (C=O) groups excluding carboxylic acids is 2. The second-order valence-corrected chi connectivity index (χ2v) is 7.69. The van der Waals surface area contributed by atoms with Crippen LogP contribution >= 0.6 is 0 Å². The zero-order valence-corrected chi connectivity index (χ0v) is 15.4. The third-order valence-corrected chi connectivity index (χ3v) is 5.99. The first kappa shape index (κ1) is 17.8. The molecule has 0 N–H and O–H groups in total. The van der Waals surface area contributed by atoms with Crippen LogP contribution in [0.25, 0.3) is 0 Å². The van der Waals surface area contributed by atoms with Crippen LogP contribution in [-0.4, -0.2) is 24.1 Å². The van der Waals surface area contributed by atoms with Gasteiger partial charge in [0.2, 0.25) is 0 Å². The smallest absolute Gasteiger partial charge is 0.338 e. The highest BCUT2D eigenvalue weighted by Crippen LogP contribution is 2.47.